The molecule has 0 aliphatic rings. The Labute approximate surface area is 124 Å². The van der Waals surface area contributed by atoms with Gasteiger partial charge in [0.15, 0.2) is 0 Å². The molecule has 1 unspecified atom stereocenters. The van der Waals surface area contributed by atoms with Gasteiger partial charge in [-0.15, -0.1) is 11.8 Å². The molecule has 2 rings (SSSR count). The maximum absolute atomic E-state index is 10.5. The van der Waals surface area contributed by atoms with Crippen LogP contribution in [0.2, 0.25) is 0 Å². The van der Waals surface area contributed by atoms with Gasteiger partial charge in [-0.3, -0.25) is 0 Å². The SMILES string of the molecule is COCCc1ccc(C(O)c2ccccc2SC)cc1. The van der Waals surface area contributed by atoms with Crippen LogP contribution in [0.5, 0.6) is 0 Å². The van der Waals surface area contributed by atoms with Crippen LogP contribution >= 0.6 is 11.8 Å². The number of thioether (sulfide) groups is 1. The predicted octanol–water partition coefficient (Wildman–Crippen LogP) is 3.68. The van der Waals surface area contributed by atoms with Gasteiger partial charge in [-0.1, -0.05) is 42.5 Å². The number of rotatable bonds is 6. The molecule has 0 aromatic heterocycles. The Bertz CT molecular complexity index is 537. The van der Waals surface area contributed by atoms with E-state index in [1.54, 1.807) is 18.9 Å². The summed E-state index contributed by atoms with van der Waals surface area (Å²) in [4.78, 5) is 1.11. The Morgan fingerprint density at radius 1 is 1.10 bits per heavy atom. The number of benzene rings is 2. The van der Waals surface area contributed by atoms with Crippen molar-refractivity contribution in [3.8, 4) is 0 Å². The highest BCUT2D eigenvalue weighted by atomic mass is 32.2. The molecular formula is C17H20O2S. The van der Waals surface area contributed by atoms with Gasteiger partial charge in [0.05, 0.1) is 6.61 Å². The van der Waals surface area contributed by atoms with Crippen molar-refractivity contribution in [3.05, 3.63) is 65.2 Å². The van der Waals surface area contributed by atoms with E-state index in [9.17, 15) is 5.11 Å². The highest BCUT2D eigenvalue weighted by Crippen LogP contribution is 2.30. The molecule has 20 heavy (non-hydrogen) atoms. The summed E-state index contributed by atoms with van der Waals surface area (Å²) in [7, 11) is 1.71. The summed E-state index contributed by atoms with van der Waals surface area (Å²) in [5, 5.41) is 10.5. The average Bonchev–Trinajstić information content (AvgIpc) is 2.52. The van der Waals surface area contributed by atoms with Gasteiger partial charge in [-0.05, 0) is 35.4 Å². The van der Waals surface area contributed by atoms with Gasteiger partial charge in [0.2, 0.25) is 0 Å². The Morgan fingerprint density at radius 3 is 2.45 bits per heavy atom. The second-order valence-corrected chi connectivity index (χ2v) is 5.48. The predicted molar refractivity (Wildman–Crippen MR) is 84.3 cm³/mol. The summed E-state index contributed by atoms with van der Waals surface area (Å²) in [5.74, 6) is 0. The molecule has 3 heteroatoms. The molecule has 0 saturated heterocycles. The number of methoxy groups -OCH3 is 1. The summed E-state index contributed by atoms with van der Waals surface area (Å²) < 4.78 is 5.07. The zero-order valence-corrected chi connectivity index (χ0v) is 12.7. The number of aliphatic hydroxyl groups is 1. The van der Waals surface area contributed by atoms with Crippen molar-refractivity contribution in [1.82, 2.24) is 0 Å². The molecule has 1 N–H and O–H groups in total. The van der Waals surface area contributed by atoms with Gasteiger partial charge in [0.1, 0.15) is 6.10 Å². The number of hydrogen-bond acceptors (Lipinski definition) is 3. The van der Waals surface area contributed by atoms with E-state index in [0.717, 1.165) is 29.1 Å². The van der Waals surface area contributed by atoms with Gasteiger partial charge >= 0.3 is 0 Å². The van der Waals surface area contributed by atoms with Crippen molar-refractivity contribution >= 4 is 11.8 Å². The van der Waals surface area contributed by atoms with Gasteiger partial charge in [0.25, 0.3) is 0 Å². The van der Waals surface area contributed by atoms with E-state index in [2.05, 4.69) is 12.1 Å². The number of aliphatic hydroxyl groups excluding tert-OH is 1. The lowest BCUT2D eigenvalue weighted by Crippen LogP contribution is -2.02. The molecule has 0 spiro atoms. The van der Waals surface area contributed by atoms with Crippen LogP contribution in [-0.4, -0.2) is 25.1 Å². The van der Waals surface area contributed by atoms with E-state index in [0.29, 0.717) is 0 Å². The van der Waals surface area contributed by atoms with E-state index in [4.69, 9.17) is 4.74 Å². The molecule has 0 aliphatic carbocycles. The third-order valence-electron chi connectivity index (χ3n) is 3.32. The van der Waals surface area contributed by atoms with Crippen molar-refractivity contribution in [2.75, 3.05) is 20.0 Å². The van der Waals surface area contributed by atoms with Crippen molar-refractivity contribution in [3.63, 3.8) is 0 Å². The summed E-state index contributed by atoms with van der Waals surface area (Å²) in [6, 6.07) is 16.1. The second kappa shape index (κ2) is 7.48. The van der Waals surface area contributed by atoms with Crippen LogP contribution in [0.15, 0.2) is 53.4 Å². The first kappa shape index (κ1) is 15.1. The lowest BCUT2D eigenvalue weighted by atomic mass is 10.00. The number of hydrogen-bond donors (Lipinski definition) is 1. The maximum Gasteiger partial charge on any atom is 0.105 e. The van der Waals surface area contributed by atoms with E-state index < -0.39 is 6.10 Å². The van der Waals surface area contributed by atoms with E-state index in [1.165, 1.54) is 5.56 Å². The molecule has 0 fully saturated rings. The van der Waals surface area contributed by atoms with Crippen LogP contribution in [0, 0.1) is 0 Å². The molecule has 0 saturated carbocycles. The monoisotopic (exact) mass is 288 g/mol. The van der Waals surface area contributed by atoms with Crippen LogP contribution in [0.25, 0.3) is 0 Å². The van der Waals surface area contributed by atoms with Crippen LogP contribution in [0.3, 0.4) is 0 Å². The van der Waals surface area contributed by atoms with E-state index in [1.807, 2.05) is 42.7 Å². The Morgan fingerprint density at radius 2 is 1.80 bits per heavy atom. The minimum atomic E-state index is -0.574. The standard InChI is InChI=1S/C17H20O2S/c1-19-12-11-13-7-9-14(10-8-13)17(18)15-5-3-4-6-16(15)20-2/h3-10,17-18H,11-12H2,1-2H3. The summed E-state index contributed by atoms with van der Waals surface area (Å²) in [6.07, 6.45) is 2.35. The molecule has 2 aromatic carbocycles. The molecule has 0 amide bonds. The maximum atomic E-state index is 10.5. The molecule has 0 radical (unpaired) electrons. The van der Waals surface area contributed by atoms with Crippen LogP contribution in [-0.2, 0) is 11.2 Å². The van der Waals surface area contributed by atoms with E-state index in [-0.39, 0.29) is 0 Å². The third kappa shape index (κ3) is 3.63. The van der Waals surface area contributed by atoms with Crippen molar-refractivity contribution in [2.45, 2.75) is 17.4 Å². The van der Waals surface area contributed by atoms with Crippen LogP contribution < -0.4 is 0 Å². The quantitative estimate of drug-likeness (QED) is 0.822. The Balaban J connectivity index is 2.18. The van der Waals surface area contributed by atoms with Gasteiger partial charge < -0.3 is 9.84 Å². The number of ether oxygens (including phenoxy) is 1. The van der Waals surface area contributed by atoms with E-state index >= 15 is 0 Å². The molecular weight excluding hydrogens is 268 g/mol. The van der Waals surface area contributed by atoms with Gasteiger partial charge in [-0.2, -0.15) is 0 Å². The fraction of sp³-hybridized carbons (Fsp3) is 0.294. The highest BCUT2D eigenvalue weighted by Gasteiger charge is 2.13. The van der Waals surface area contributed by atoms with Gasteiger partial charge in [0, 0.05) is 12.0 Å². The smallest absolute Gasteiger partial charge is 0.105 e. The molecule has 106 valence electrons. The zero-order valence-electron chi connectivity index (χ0n) is 11.9. The summed E-state index contributed by atoms with van der Waals surface area (Å²) >= 11 is 1.66. The minimum absolute atomic E-state index is 0.574. The largest absolute Gasteiger partial charge is 0.384 e. The Hall–Kier alpha value is -1.29. The molecule has 0 heterocycles. The van der Waals surface area contributed by atoms with Crippen molar-refractivity contribution in [1.29, 1.82) is 0 Å². The van der Waals surface area contributed by atoms with Gasteiger partial charge in [-0.25, -0.2) is 0 Å². The first-order valence-electron chi connectivity index (χ1n) is 6.65. The normalized spacial score (nSPS) is 12.3. The highest BCUT2D eigenvalue weighted by molar-refractivity contribution is 7.98. The van der Waals surface area contributed by atoms with Crippen LogP contribution in [0.1, 0.15) is 22.8 Å². The third-order valence-corrected chi connectivity index (χ3v) is 4.14. The van der Waals surface area contributed by atoms with Crippen molar-refractivity contribution < 1.29 is 9.84 Å². The zero-order chi connectivity index (χ0) is 14.4. The summed E-state index contributed by atoms with van der Waals surface area (Å²) in [6.45, 7) is 0.719. The minimum Gasteiger partial charge on any atom is -0.384 e. The first-order valence-corrected chi connectivity index (χ1v) is 7.87. The fourth-order valence-corrected chi connectivity index (χ4v) is 2.79. The second-order valence-electron chi connectivity index (χ2n) is 4.63. The molecule has 0 aliphatic heterocycles. The molecule has 0 bridgehead atoms. The lowest BCUT2D eigenvalue weighted by molar-refractivity contribution is 0.202. The van der Waals surface area contributed by atoms with Crippen LogP contribution in [0.4, 0.5) is 0 Å². The molecule has 1 atom stereocenters. The molecule has 2 aromatic rings. The summed E-state index contributed by atoms with van der Waals surface area (Å²) in [5.41, 5.74) is 3.11. The fourth-order valence-electron chi connectivity index (χ4n) is 2.16. The first-order chi connectivity index (χ1) is 9.76. The molecule has 2 nitrogen and oxygen atoms in total. The topological polar surface area (TPSA) is 29.5 Å². The van der Waals surface area contributed by atoms with Crippen molar-refractivity contribution in [2.24, 2.45) is 0 Å². The lowest BCUT2D eigenvalue weighted by Gasteiger charge is -2.15. The Kier molecular flexibility index (Phi) is 5.65. The average molecular weight is 288 g/mol.